The number of benzene rings is 2. The predicted molar refractivity (Wildman–Crippen MR) is 144 cm³/mol. The van der Waals surface area contributed by atoms with Gasteiger partial charge in [-0.15, -0.1) is 24.0 Å². The number of aliphatic imine (C=N–C) groups is 1. The van der Waals surface area contributed by atoms with Crippen LogP contribution in [-0.4, -0.2) is 45.5 Å². The minimum Gasteiger partial charge on any atom is -0.489 e. The zero-order valence-electron chi connectivity index (χ0n) is 19.6. The molecule has 0 spiro atoms. The molecule has 6 nitrogen and oxygen atoms in total. The summed E-state index contributed by atoms with van der Waals surface area (Å²) in [6.07, 6.45) is 3.19. The fourth-order valence-corrected chi connectivity index (χ4v) is 3.58. The fraction of sp³-hybridized carbons (Fsp3) is 0.500. The van der Waals surface area contributed by atoms with Gasteiger partial charge in [0.2, 0.25) is 0 Å². The van der Waals surface area contributed by atoms with Crippen LogP contribution in [-0.2, 0) is 22.6 Å². The van der Waals surface area contributed by atoms with Crippen molar-refractivity contribution in [3.63, 3.8) is 0 Å². The molecule has 0 radical (unpaired) electrons. The van der Waals surface area contributed by atoms with Gasteiger partial charge in [0.15, 0.2) is 5.96 Å². The van der Waals surface area contributed by atoms with Crippen LogP contribution in [0.3, 0.4) is 0 Å². The first-order chi connectivity index (χ1) is 15.8. The number of nitrogens with zero attached hydrogens (tertiary/aromatic N) is 1. The van der Waals surface area contributed by atoms with Gasteiger partial charge in [-0.25, -0.2) is 4.99 Å². The van der Waals surface area contributed by atoms with Gasteiger partial charge in [0.1, 0.15) is 12.4 Å². The van der Waals surface area contributed by atoms with E-state index in [1.54, 1.807) is 0 Å². The quantitative estimate of drug-likeness (QED) is 0.168. The van der Waals surface area contributed by atoms with Crippen LogP contribution in [0.15, 0.2) is 59.6 Å². The lowest BCUT2D eigenvalue weighted by Gasteiger charge is -2.21. The highest BCUT2D eigenvalue weighted by Crippen LogP contribution is 2.16. The first-order valence-electron chi connectivity index (χ1n) is 11.8. The van der Waals surface area contributed by atoms with E-state index in [1.165, 1.54) is 5.56 Å². The number of hydrogen-bond donors (Lipinski definition) is 2. The van der Waals surface area contributed by atoms with E-state index >= 15 is 0 Å². The molecular formula is C26H38IN3O3. The largest absolute Gasteiger partial charge is 0.489 e. The Hall–Kier alpha value is -1.84. The second-order valence-electron chi connectivity index (χ2n) is 7.98. The molecule has 0 amide bonds. The van der Waals surface area contributed by atoms with Crippen molar-refractivity contribution in [1.29, 1.82) is 0 Å². The molecule has 3 rings (SSSR count). The van der Waals surface area contributed by atoms with E-state index in [4.69, 9.17) is 19.2 Å². The molecule has 1 aliphatic rings. The Morgan fingerprint density at radius 3 is 2.48 bits per heavy atom. The number of halogens is 1. The molecule has 0 unspecified atom stereocenters. The van der Waals surface area contributed by atoms with Crippen LogP contribution in [0.25, 0.3) is 0 Å². The van der Waals surface area contributed by atoms with E-state index in [1.807, 2.05) is 42.5 Å². The lowest BCUT2D eigenvalue weighted by atomic mass is 10.0. The van der Waals surface area contributed by atoms with Gasteiger partial charge in [0, 0.05) is 39.5 Å². The van der Waals surface area contributed by atoms with E-state index < -0.39 is 0 Å². The first-order valence-corrected chi connectivity index (χ1v) is 11.8. The molecule has 1 fully saturated rings. The van der Waals surface area contributed by atoms with Crippen molar-refractivity contribution in [2.45, 2.75) is 39.3 Å². The summed E-state index contributed by atoms with van der Waals surface area (Å²) in [5, 5.41) is 6.74. The molecule has 7 heteroatoms. The SMILES string of the molecule is CCNC(=NCc1ccccc1COc1ccccc1)NCCCOCC1CCOCC1.I. The van der Waals surface area contributed by atoms with Crippen molar-refractivity contribution >= 4 is 29.9 Å². The molecule has 0 aromatic heterocycles. The van der Waals surface area contributed by atoms with Crippen LogP contribution in [0.5, 0.6) is 5.75 Å². The summed E-state index contributed by atoms with van der Waals surface area (Å²) in [6, 6.07) is 18.2. The minimum absolute atomic E-state index is 0. The van der Waals surface area contributed by atoms with Crippen molar-refractivity contribution in [1.82, 2.24) is 10.6 Å². The summed E-state index contributed by atoms with van der Waals surface area (Å²) < 4.78 is 17.2. The molecular weight excluding hydrogens is 529 g/mol. The highest BCUT2D eigenvalue weighted by atomic mass is 127. The third kappa shape index (κ3) is 10.8. The standard InChI is InChI=1S/C26H37N3O3.HI/c1-2-27-26(28-15-8-16-31-20-22-13-17-30-18-14-22)29-19-23-9-6-7-10-24(23)21-32-25-11-4-3-5-12-25;/h3-7,9-12,22H,2,8,13-21H2,1H3,(H2,27,28,29);1H. The van der Waals surface area contributed by atoms with E-state index in [-0.39, 0.29) is 24.0 Å². The minimum atomic E-state index is 0. The Morgan fingerprint density at radius 2 is 1.73 bits per heavy atom. The summed E-state index contributed by atoms with van der Waals surface area (Å²) in [6.45, 7) is 8.23. The number of ether oxygens (including phenoxy) is 3. The normalized spacial score (nSPS) is 14.4. The number of para-hydroxylation sites is 1. The molecule has 1 aliphatic heterocycles. The summed E-state index contributed by atoms with van der Waals surface area (Å²) in [5.41, 5.74) is 2.32. The second kappa shape index (κ2) is 16.7. The smallest absolute Gasteiger partial charge is 0.191 e. The molecule has 2 N–H and O–H groups in total. The van der Waals surface area contributed by atoms with Gasteiger partial charge in [-0.05, 0) is 55.4 Å². The van der Waals surface area contributed by atoms with Crippen molar-refractivity contribution < 1.29 is 14.2 Å². The third-order valence-corrected chi connectivity index (χ3v) is 5.46. The Kier molecular flexibility index (Phi) is 13.9. The van der Waals surface area contributed by atoms with Gasteiger partial charge in [-0.3, -0.25) is 0 Å². The highest BCUT2D eigenvalue weighted by Gasteiger charge is 2.13. The van der Waals surface area contributed by atoms with Crippen molar-refractivity contribution in [2.24, 2.45) is 10.9 Å². The molecule has 182 valence electrons. The average Bonchev–Trinajstić information content (AvgIpc) is 2.85. The number of guanidine groups is 1. The third-order valence-electron chi connectivity index (χ3n) is 5.46. The van der Waals surface area contributed by atoms with E-state index in [2.05, 4.69) is 29.7 Å². The lowest BCUT2D eigenvalue weighted by molar-refractivity contribution is 0.0203. The van der Waals surface area contributed by atoms with Gasteiger partial charge in [-0.1, -0.05) is 42.5 Å². The maximum Gasteiger partial charge on any atom is 0.191 e. The number of hydrogen-bond acceptors (Lipinski definition) is 4. The van der Waals surface area contributed by atoms with Gasteiger partial charge in [-0.2, -0.15) is 0 Å². The van der Waals surface area contributed by atoms with E-state index in [0.29, 0.717) is 19.1 Å². The molecule has 33 heavy (non-hydrogen) atoms. The Bertz CT molecular complexity index is 798. The molecule has 1 heterocycles. The maximum atomic E-state index is 5.93. The van der Waals surface area contributed by atoms with E-state index in [9.17, 15) is 0 Å². The summed E-state index contributed by atoms with van der Waals surface area (Å²) in [7, 11) is 0. The van der Waals surface area contributed by atoms with Gasteiger partial charge in [0.05, 0.1) is 6.54 Å². The summed E-state index contributed by atoms with van der Waals surface area (Å²) in [4.78, 5) is 4.77. The van der Waals surface area contributed by atoms with Crippen LogP contribution < -0.4 is 15.4 Å². The van der Waals surface area contributed by atoms with Crippen molar-refractivity contribution in [3.8, 4) is 5.75 Å². The number of nitrogens with one attached hydrogen (secondary N) is 2. The molecule has 2 aromatic rings. The number of rotatable bonds is 12. The Balaban J connectivity index is 0.00000385. The molecule has 0 bridgehead atoms. The Labute approximate surface area is 215 Å². The van der Waals surface area contributed by atoms with Crippen LogP contribution >= 0.6 is 24.0 Å². The van der Waals surface area contributed by atoms with E-state index in [0.717, 1.165) is 76.1 Å². The summed E-state index contributed by atoms with van der Waals surface area (Å²) >= 11 is 0. The van der Waals surface area contributed by atoms with Gasteiger partial charge < -0.3 is 24.8 Å². The highest BCUT2D eigenvalue weighted by molar-refractivity contribution is 14.0. The molecule has 1 saturated heterocycles. The zero-order chi connectivity index (χ0) is 22.3. The monoisotopic (exact) mass is 567 g/mol. The molecule has 0 aliphatic carbocycles. The zero-order valence-corrected chi connectivity index (χ0v) is 22.0. The molecule has 0 atom stereocenters. The van der Waals surface area contributed by atoms with Crippen molar-refractivity contribution in [2.75, 3.05) is 39.5 Å². The van der Waals surface area contributed by atoms with Crippen LogP contribution in [0.2, 0.25) is 0 Å². The van der Waals surface area contributed by atoms with Gasteiger partial charge in [0.25, 0.3) is 0 Å². The predicted octanol–water partition coefficient (Wildman–Crippen LogP) is 4.77. The van der Waals surface area contributed by atoms with Crippen molar-refractivity contribution in [3.05, 3.63) is 65.7 Å². The fourth-order valence-electron chi connectivity index (χ4n) is 3.58. The maximum absolute atomic E-state index is 5.93. The van der Waals surface area contributed by atoms with Crippen LogP contribution in [0, 0.1) is 5.92 Å². The average molecular weight is 568 g/mol. The van der Waals surface area contributed by atoms with Crippen LogP contribution in [0.1, 0.15) is 37.3 Å². The lowest BCUT2D eigenvalue weighted by Crippen LogP contribution is -2.38. The Morgan fingerprint density at radius 1 is 1.00 bits per heavy atom. The summed E-state index contributed by atoms with van der Waals surface area (Å²) in [5.74, 6) is 2.36. The molecule has 0 saturated carbocycles. The van der Waals surface area contributed by atoms with Gasteiger partial charge >= 0.3 is 0 Å². The molecule has 2 aromatic carbocycles. The first kappa shape index (κ1) is 27.4. The van der Waals surface area contributed by atoms with Crippen LogP contribution in [0.4, 0.5) is 0 Å². The second-order valence-corrected chi connectivity index (χ2v) is 7.98. The topological polar surface area (TPSA) is 64.1 Å².